The van der Waals surface area contributed by atoms with E-state index in [1.165, 1.54) is 0 Å². The Hall–Kier alpha value is -2.79. The van der Waals surface area contributed by atoms with Gasteiger partial charge >= 0.3 is 0 Å². The van der Waals surface area contributed by atoms with Crippen molar-refractivity contribution in [2.75, 3.05) is 64.3 Å². The second-order valence-electron chi connectivity index (χ2n) is 8.17. The lowest BCUT2D eigenvalue weighted by Crippen LogP contribution is -2.41. The monoisotopic (exact) mass is 444 g/mol. The minimum Gasteiger partial charge on any atom is -0.379 e. The molecule has 0 saturated carbocycles. The molecule has 0 aliphatic carbocycles. The maximum absolute atomic E-state index is 12.2. The molecule has 2 fully saturated rings. The number of aryl methyl sites for hydroxylation is 1. The average molecular weight is 445 g/mol. The summed E-state index contributed by atoms with van der Waals surface area (Å²) in [5.41, 5.74) is 0.654. The van der Waals surface area contributed by atoms with Crippen molar-refractivity contribution in [3.8, 4) is 0 Å². The minimum absolute atomic E-state index is 0.000693. The van der Waals surface area contributed by atoms with E-state index in [9.17, 15) is 9.59 Å². The van der Waals surface area contributed by atoms with Gasteiger partial charge in [0, 0.05) is 65.1 Å². The van der Waals surface area contributed by atoms with Gasteiger partial charge in [0.15, 0.2) is 11.5 Å². The maximum Gasteiger partial charge on any atom is 0.222 e. The number of nitrogens with one attached hydrogen (secondary N) is 2. The molecule has 0 spiro atoms. The van der Waals surface area contributed by atoms with Gasteiger partial charge in [-0.2, -0.15) is 4.52 Å². The van der Waals surface area contributed by atoms with Crippen LogP contribution >= 0.6 is 0 Å². The number of rotatable bonds is 11. The van der Waals surface area contributed by atoms with Gasteiger partial charge in [0.25, 0.3) is 0 Å². The largest absolute Gasteiger partial charge is 0.379 e. The lowest BCUT2D eigenvalue weighted by molar-refractivity contribution is -0.127. The first-order valence-electron chi connectivity index (χ1n) is 11.5. The minimum atomic E-state index is 0.000693. The van der Waals surface area contributed by atoms with Gasteiger partial charge in [-0.15, -0.1) is 15.3 Å². The molecule has 2 aromatic heterocycles. The molecule has 2 saturated heterocycles. The van der Waals surface area contributed by atoms with Crippen LogP contribution in [0.5, 0.6) is 0 Å². The third-order valence-electron chi connectivity index (χ3n) is 5.84. The number of anilines is 1. The van der Waals surface area contributed by atoms with E-state index in [2.05, 4.69) is 30.8 Å². The van der Waals surface area contributed by atoms with E-state index in [1.807, 2.05) is 17.0 Å². The standard InChI is InChI=1S/C21H32N8O3/c30-20(23-9-12-27-13-15-32-16-14-27)7-6-19-25-24-18-5-4-17(26-29(18)19)22-8-2-11-28-10-1-3-21(28)31/h4-5H,1-3,6-16H2,(H,22,26)(H,23,30). The molecule has 32 heavy (non-hydrogen) atoms. The molecule has 0 atom stereocenters. The summed E-state index contributed by atoms with van der Waals surface area (Å²) in [6.07, 6.45) is 3.32. The smallest absolute Gasteiger partial charge is 0.222 e. The maximum atomic E-state index is 12.2. The fourth-order valence-corrected chi connectivity index (χ4v) is 4.00. The summed E-state index contributed by atoms with van der Waals surface area (Å²) >= 11 is 0. The molecule has 2 amide bonds. The lowest BCUT2D eigenvalue weighted by atomic mass is 10.3. The summed E-state index contributed by atoms with van der Waals surface area (Å²) in [4.78, 5) is 28.1. The highest BCUT2D eigenvalue weighted by atomic mass is 16.5. The van der Waals surface area contributed by atoms with Crippen molar-refractivity contribution in [3.63, 3.8) is 0 Å². The molecule has 0 radical (unpaired) electrons. The summed E-state index contributed by atoms with van der Waals surface area (Å²) < 4.78 is 7.02. The number of amides is 2. The van der Waals surface area contributed by atoms with Crippen LogP contribution in [0.3, 0.4) is 0 Å². The average Bonchev–Trinajstić information content (AvgIpc) is 3.41. The molecular formula is C21H32N8O3. The van der Waals surface area contributed by atoms with Crippen molar-refractivity contribution in [3.05, 3.63) is 18.0 Å². The Morgan fingerprint density at radius 2 is 1.97 bits per heavy atom. The Balaban J connectivity index is 1.20. The van der Waals surface area contributed by atoms with Gasteiger partial charge in [0.05, 0.1) is 13.2 Å². The number of aromatic nitrogens is 4. The molecule has 11 heteroatoms. The van der Waals surface area contributed by atoms with Crippen LogP contribution in [-0.4, -0.2) is 100 Å². The van der Waals surface area contributed by atoms with E-state index >= 15 is 0 Å². The first-order valence-corrected chi connectivity index (χ1v) is 11.5. The molecule has 4 rings (SSSR count). The Morgan fingerprint density at radius 1 is 1.09 bits per heavy atom. The second-order valence-corrected chi connectivity index (χ2v) is 8.17. The number of morpholine rings is 1. The van der Waals surface area contributed by atoms with Gasteiger partial charge in [-0.05, 0) is 25.0 Å². The first kappa shape index (κ1) is 22.4. The molecule has 0 unspecified atom stereocenters. The Labute approximate surface area is 187 Å². The third-order valence-corrected chi connectivity index (χ3v) is 5.84. The molecule has 2 aliphatic heterocycles. The lowest BCUT2D eigenvalue weighted by Gasteiger charge is -2.26. The van der Waals surface area contributed by atoms with Crippen LogP contribution < -0.4 is 10.6 Å². The highest BCUT2D eigenvalue weighted by Gasteiger charge is 2.19. The van der Waals surface area contributed by atoms with Crippen LogP contribution in [0.2, 0.25) is 0 Å². The van der Waals surface area contributed by atoms with Crippen molar-refractivity contribution in [1.29, 1.82) is 0 Å². The topological polar surface area (TPSA) is 117 Å². The molecule has 0 bridgehead atoms. The van der Waals surface area contributed by atoms with Gasteiger partial charge in [-0.3, -0.25) is 14.5 Å². The summed E-state index contributed by atoms with van der Waals surface area (Å²) in [5, 5.41) is 19.2. The van der Waals surface area contributed by atoms with Gasteiger partial charge in [0.1, 0.15) is 5.82 Å². The predicted molar refractivity (Wildman–Crippen MR) is 118 cm³/mol. The fraction of sp³-hybridized carbons (Fsp3) is 0.667. The fourth-order valence-electron chi connectivity index (χ4n) is 4.00. The van der Waals surface area contributed by atoms with E-state index in [-0.39, 0.29) is 11.8 Å². The van der Waals surface area contributed by atoms with E-state index in [1.54, 1.807) is 4.52 Å². The van der Waals surface area contributed by atoms with Crippen LogP contribution in [0.15, 0.2) is 12.1 Å². The molecule has 2 N–H and O–H groups in total. The SMILES string of the molecule is O=C(CCc1nnc2ccc(NCCCN3CCCC3=O)nn12)NCCN1CCOCC1. The van der Waals surface area contributed by atoms with E-state index in [4.69, 9.17) is 4.74 Å². The van der Waals surface area contributed by atoms with Crippen molar-refractivity contribution in [1.82, 2.24) is 34.9 Å². The molecular weight excluding hydrogens is 412 g/mol. The highest BCUT2D eigenvalue weighted by Crippen LogP contribution is 2.11. The van der Waals surface area contributed by atoms with Crippen LogP contribution in [0.25, 0.3) is 5.65 Å². The zero-order valence-electron chi connectivity index (χ0n) is 18.5. The molecule has 2 aliphatic rings. The normalized spacial score (nSPS) is 17.2. The van der Waals surface area contributed by atoms with Gasteiger partial charge in [-0.25, -0.2) is 0 Å². The van der Waals surface area contributed by atoms with Crippen LogP contribution in [0.1, 0.15) is 31.5 Å². The molecule has 11 nitrogen and oxygen atoms in total. The van der Waals surface area contributed by atoms with Crippen molar-refractivity contribution in [2.45, 2.75) is 32.1 Å². The van der Waals surface area contributed by atoms with Crippen molar-refractivity contribution < 1.29 is 14.3 Å². The van der Waals surface area contributed by atoms with Gasteiger partial charge in [-0.1, -0.05) is 0 Å². The summed E-state index contributed by atoms with van der Waals surface area (Å²) in [6, 6.07) is 3.73. The van der Waals surface area contributed by atoms with E-state index in [0.717, 1.165) is 71.1 Å². The van der Waals surface area contributed by atoms with E-state index in [0.29, 0.717) is 37.3 Å². The van der Waals surface area contributed by atoms with Crippen LogP contribution in [0.4, 0.5) is 5.82 Å². The van der Waals surface area contributed by atoms with Crippen molar-refractivity contribution >= 4 is 23.3 Å². The molecule has 2 aromatic rings. The number of fused-ring (bicyclic) bond motifs is 1. The number of carbonyl (C=O) groups is 2. The zero-order valence-corrected chi connectivity index (χ0v) is 18.5. The van der Waals surface area contributed by atoms with Crippen molar-refractivity contribution in [2.24, 2.45) is 0 Å². The number of likely N-dealkylation sites (tertiary alicyclic amines) is 1. The molecule has 174 valence electrons. The predicted octanol–water partition coefficient (Wildman–Crippen LogP) is -0.0703. The summed E-state index contributed by atoms with van der Waals surface area (Å²) in [5.74, 6) is 1.64. The second kappa shape index (κ2) is 11.2. The van der Waals surface area contributed by atoms with Gasteiger partial charge < -0.3 is 20.3 Å². The Kier molecular flexibility index (Phi) is 7.83. The number of ether oxygens (including phenoxy) is 1. The molecule has 4 heterocycles. The number of nitrogens with zero attached hydrogens (tertiary/aromatic N) is 6. The molecule has 0 aromatic carbocycles. The van der Waals surface area contributed by atoms with Crippen LogP contribution in [0, 0.1) is 0 Å². The number of hydrogen-bond donors (Lipinski definition) is 2. The number of carbonyl (C=O) groups excluding carboxylic acids is 2. The summed E-state index contributed by atoms with van der Waals surface area (Å²) in [6.45, 7) is 7.19. The zero-order chi connectivity index (χ0) is 22.2. The van der Waals surface area contributed by atoms with Gasteiger partial charge in [0.2, 0.25) is 11.8 Å². The first-order chi connectivity index (χ1) is 15.7. The summed E-state index contributed by atoms with van der Waals surface area (Å²) in [7, 11) is 0. The third kappa shape index (κ3) is 6.13. The quantitative estimate of drug-likeness (QED) is 0.463. The highest BCUT2D eigenvalue weighted by molar-refractivity contribution is 5.78. The van der Waals surface area contributed by atoms with E-state index < -0.39 is 0 Å². The Bertz CT molecular complexity index is 912. The number of hydrogen-bond acceptors (Lipinski definition) is 8. The Morgan fingerprint density at radius 3 is 2.78 bits per heavy atom. The van der Waals surface area contributed by atoms with Crippen LogP contribution in [-0.2, 0) is 20.7 Å².